The summed E-state index contributed by atoms with van der Waals surface area (Å²) < 4.78 is 0. The second kappa shape index (κ2) is 5.57. The molecule has 21 heavy (non-hydrogen) atoms. The average molecular weight is 280 g/mol. The van der Waals surface area contributed by atoms with Crippen LogP contribution in [0.15, 0.2) is 36.9 Å². The van der Waals surface area contributed by atoms with Gasteiger partial charge in [-0.05, 0) is 67.6 Å². The van der Waals surface area contributed by atoms with Crippen LogP contribution in [0.3, 0.4) is 0 Å². The van der Waals surface area contributed by atoms with Crippen LogP contribution >= 0.6 is 0 Å². The van der Waals surface area contributed by atoms with Gasteiger partial charge in [-0.15, -0.1) is 0 Å². The number of rotatable bonds is 3. The Morgan fingerprint density at radius 3 is 2.10 bits per heavy atom. The highest BCUT2D eigenvalue weighted by atomic mass is 16.3. The molecular weight excluding hydrogens is 260 g/mol. The average Bonchev–Trinajstić information content (AvgIpc) is 2.44. The van der Waals surface area contributed by atoms with Gasteiger partial charge in [0.05, 0.1) is 5.56 Å². The zero-order valence-electron chi connectivity index (χ0n) is 12.9. The smallest absolute Gasteiger partial charge is 0.196 e. The van der Waals surface area contributed by atoms with Crippen molar-refractivity contribution in [1.29, 1.82) is 0 Å². The fraction of sp³-hybridized carbons (Fsp3) is 0.211. The van der Waals surface area contributed by atoms with Crippen LogP contribution in [0.2, 0.25) is 0 Å². The lowest BCUT2D eigenvalue weighted by molar-refractivity contribution is 0.105. The van der Waals surface area contributed by atoms with E-state index in [-0.39, 0.29) is 11.5 Å². The van der Waals surface area contributed by atoms with Crippen LogP contribution in [0.5, 0.6) is 5.75 Å². The topological polar surface area (TPSA) is 37.3 Å². The van der Waals surface area contributed by atoms with Crippen LogP contribution < -0.4 is 0 Å². The molecule has 108 valence electrons. The van der Waals surface area contributed by atoms with Crippen molar-refractivity contribution in [3.63, 3.8) is 0 Å². The van der Waals surface area contributed by atoms with E-state index in [0.29, 0.717) is 11.1 Å². The van der Waals surface area contributed by atoms with Crippen molar-refractivity contribution in [3.8, 4) is 5.75 Å². The first-order valence-corrected chi connectivity index (χ1v) is 6.92. The van der Waals surface area contributed by atoms with Gasteiger partial charge in [-0.3, -0.25) is 4.79 Å². The number of hydrogen-bond donors (Lipinski definition) is 1. The number of allylic oxidation sites excluding steroid dienone is 1. The molecule has 0 radical (unpaired) electrons. The number of aromatic hydroxyl groups is 1. The van der Waals surface area contributed by atoms with Gasteiger partial charge < -0.3 is 5.11 Å². The molecule has 1 N–H and O–H groups in total. The first-order valence-electron chi connectivity index (χ1n) is 6.92. The highest BCUT2D eigenvalue weighted by molar-refractivity contribution is 6.29. The normalized spacial score (nSPS) is 10.5. The van der Waals surface area contributed by atoms with Crippen molar-refractivity contribution in [3.05, 3.63) is 70.3 Å². The van der Waals surface area contributed by atoms with Gasteiger partial charge in [0.15, 0.2) is 5.78 Å². The van der Waals surface area contributed by atoms with Crippen LogP contribution in [0.25, 0.3) is 5.57 Å². The summed E-state index contributed by atoms with van der Waals surface area (Å²) in [7, 11) is 0. The van der Waals surface area contributed by atoms with Gasteiger partial charge in [0.1, 0.15) is 5.75 Å². The second-order valence-corrected chi connectivity index (χ2v) is 5.56. The van der Waals surface area contributed by atoms with Crippen molar-refractivity contribution in [2.24, 2.45) is 0 Å². The van der Waals surface area contributed by atoms with E-state index in [4.69, 9.17) is 0 Å². The van der Waals surface area contributed by atoms with Gasteiger partial charge in [0.2, 0.25) is 0 Å². The van der Waals surface area contributed by atoms with Gasteiger partial charge in [0.25, 0.3) is 0 Å². The molecule has 0 aliphatic heterocycles. The van der Waals surface area contributed by atoms with E-state index in [1.807, 2.05) is 45.9 Å². The van der Waals surface area contributed by atoms with Crippen LogP contribution in [-0.4, -0.2) is 10.9 Å². The van der Waals surface area contributed by atoms with Crippen LogP contribution in [-0.2, 0) is 0 Å². The number of Topliss-reactive ketones (excluding diaryl/α,β-unsaturated/α-hetero) is 1. The number of aryl methyl sites for hydroxylation is 4. The molecule has 0 amide bonds. The predicted octanol–water partition coefficient (Wildman–Crippen LogP) is 4.52. The maximum absolute atomic E-state index is 12.6. The Balaban J connectivity index is 2.42. The summed E-state index contributed by atoms with van der Waals surface area (Å²) >= 11 is 0. The maximum Gasteiger partial charge on any atom is 0.196 e. The molecule has 0 saturated heterocycles. The highest BCUT2D eigenvalue weighted by Gasteiger charge is 2.17. The van der Waals surface area contributed by atoms with Crippen molar-refractivity contribution in [2.45, 2.75) is 27.7 Å². The summed E-state index contributed by atoms with van der Waals surface area (Å²) in [5, 5.41) is 10.0. The quantitative estimate of drug-likeness (QED) is 0.663. The number of phenolic OH excluding ortho intramolecular Hbond substituents is 1. The van der Waals surface area contributed by atoms with Gasteiger partial charge in [-0.25, -0.2) is 0 Å². The number of benzene rings is 2. The Labute approximate surface area is 125 Å². The van der Waals surface area contributed by atoms with E-state index in [9.17, 15) is 9.90 Å². The van der Waals surface area contributed by atoms with Crippen molar-refractivity contribution in [1.82, 2.24) is 0 Å². The molecule has 2 aromatic rings. The third-order valence-corrected chi connectivity index (χ3v) is 3.99. The Morgan fingerprint density at radius 2 is 1.48 bits per heavy atom. The van der Waals surface area contributed by atoms with Gasteiger partial charge in [-0.2, -0.15) is 0 Å². The monoisotopic (exact) mass is 280 g/mol. The second-order valence-electron chi connectivity index (χ2n) is 5.56. The number of carbonyl (C=O) groups excluding carboxylic acids is 1. The molecule has 0 aromatic heterocycles. The largest absolute Gasteiger partial charge is 0.507 e. The molecule has 0 spiro atoms. The fourth-order valence-corrected chi connectivity index (χ4v) is 2.21. The molecule has 0 unspecified atom stereocenters. The van der Waals surface area contributed by atoms with E-state index in [0.717, 1.165) is 22.3 Å². The molecule has 0 bridgehead atoms. The first kappa shape index (κ1) is 15.0. The summed E-state index contributed by atoms with van der Waals surface area (Å²) in [6.07, 6.45) is 0. The van der Waals surface area contributed by atoms with E-state index < -0.39 is 0 Å². The zero-order valence-corrected chi connectivity index (χ0v) is 12.9. The molecule has 2 rings (SSSR count). The maximum atomic E-state index is 12.6. The van der Waals surface area contributed by atoms with E-state index >= 15 is 0 Å². The number of carbonyl (C=O) groups is 1. The molecule has 0 aliphatic rings. The fourth-order valence-electron chi connectivity index (χ4n) is 2.21. The Bertz CT molecular complexity index is 739. The summed E-state index contributed by atoms with van der Waals surface area (Å²) in [4.78, 5) is 12.6. The standard InChI is InChI=1S/C19H20O2/c1-11-6-7-16(8-12(11)2)15(5)19(21)17-9-13(3)14(4)10-18(17)20/h6-10,20H,5H2,1-4H3. The first-order chi connectivity index (χ1) is 9.81. The van der Waals surface area contributed by atoms with Crippen LogP contribution in [0.1, 0.15) is 38.2 Å². The Kier molecular flexibility index (Phi) is 3.99. The zero-order chi connectivity index (χ0) is 15.7. The predicted molar refractivity (Wildman–Crippen MR) is 86.9 cm³/mol. The minimum absolute atomic E-state index is 0.00748. The third kappa shape index (κ3) is 2.89. The minimum atomic E-state index is -0.237. The summed E-state index contributed by atoms with van der Waals surface area (Å²) in [5.41, 5.74) is 5.72. The van der Waals surface area contributed by atoms with Crippen LogP contribution in [0.4, 0.5) is 0 Å². The third-order valence-electron chi connectivity index (χ3n) is 3.99. The molecule has 2 aromatic carbocycles. The Morgan fingerprint density at radius 1 is 0.905 bits per heavy atom. The molecule has 0 aliphatic carbocycles. The van der Waals surface area contributed by atoms with Crippen molar-refractivity contribution in [2.75, 3.05) is 0 Å². The molecule has 2 nitrogen and oxygen atoms in total. The molecule has 0 atom stereocenters. The lowest BCUT2D eigenvalue weighted by atomic mass is 9.93. The van der Waals surface area contributed by atoms with Crippen molar-refractivity contribution >= 4 is 11.4 Å². The highest BCUT2D eigenvalue weighted by Crippen LogP contribution is 2.27. The van der Waals surface area contributed by atoms with E-state index in [1.165, 1.54) is 5.56 Å². The van der Waals surface area contributed by atoms with E-state index in [1.54, 1.807) is 12.1 Å². The molecule has 0 saturated carbocycles. The minimum Gasteiger partial charge on any atom is -0.507 e. The van der Waals surface area contributed by atoms with E-state index in [2.05, 4.69) is 6.58 Å². The number of phenols is 1. The number of hydrogen-bond acceptors (Lipinski definition) is 2. The molecule has 0 fully saturated rings. The van der Waals surface area contributed by atoms with Crippen LogP contribution in [0, 0.1) is 27.7 Å². The number of ketones is 1. The molecule has 0 heterocycles. The van der Waals surface area contributed by atoms with Gasteiger partial charge >= 0.3 is 0 Å². The van der Waals surface area contributed by atoms with Gasteiger partial charge in [-0.1, -0.05) is 24.8 Å². The lowest BCUT2D eigenvalue weighted by Gasteiger charge is -2.11. The molecule has 2 heteroatoms. The summed E-state index contributed by atoms with van der Waals surface area (Å²) in [6.45, 7) is 11.8. The summed E-state index contributed by atoms with van der Waals surface area (Å²) in [6, 6.07) is 9.16. The molecular formula is C19H20O2. The lowest BCUT2D eigenvalue weighted by Crippen LogP contribution is -2.04. The SMILES string of the molecule is C=C(C(=O)c1cc(C)c(C)cc1O)c1ccc(C)c(C)c1. The summed E-state index contributed by atoms with van der Waals surface area (Å²) in [5.74, 6) is -0.230. The van der Waals surface area contributed by atoms with Crippen molar-refractivity contribution < 1.29 is 9.90 Å². The van der Waals surface area contributed by atoms with Gasteiger partial charge in [0, 0.05) is 5.57 Å². The Hall–Kier alpha value is -2.35.